The van der Waals surface area contributed by atoms with E-state index in [-0.39, 0.29) is 0 Å². The summed E-state index contributed by atoms with van der Waals surface area (Å²) in [6.45, 7) is 0. The van der Waals surface area contributed by atoms with Gasteiger partial charge in [0.2, 0.25) is 0 Å². The third-order valence-corrected chi connectivity index (χ3v) is 3.38. The zero-order chi connectivity index (χ0) is 13.4. The van der Waals surface area contributed by atoms with Gasteiger partial charge in [-0.1, -0.05) is 0 Å². The number of H-pyrrole nitrogens is 1. The van der Waals surface area contributed by atoms with Crippen LogP contribution in [0.15, 0.2) is 66.0 Å². The van der Waals surface area contributed by atoms with E-state index in [2.05, 4.69) is 21.0 Å². The first kappa shape index (κ1) is 11.0. The van der Waals surface area contributed by atoms with Crippen molar-refractivity contribution < 1.29 is 4.42 Å². The minimum atomic E-state index is 0.874. The van der Waals surface area contributed by atoms with Crippen molar-refractivity contribution >= 4 is 11.0 Å². The van der Waals surface area contributed by atoms with Crippen molar-refractivity contribution in [2.75, 3.05) is 0 Å². The fourth-order valence-electron chi connectivity index (χ4n) is 2.36. The Morgan fingerprint density at radius 2 is 1.90 bits per heavy atom. The molecule has 0 fully saturated rings. The number of aromatic nitrogens is 3. The number of rotatable bonds is 2. The number of furan rings is 1. The molecule has 0 aliphatic rings. The molecule has 4 aromatic rings. The van der Waals surface area contributed by atoms with E-state index in [1.54, 1.807) is 24.9 Å². The lowest BCUT2D eigenvalue weighted by molar-refractivity contribution is 0.568. The normalized spacial score (nSPS) is 11.0. The Morgan fingerprint density at radius 3 is 2.70 bits per heavy atom. The topological polar surface area (TPSA) is 54.7 Å². The highest BCUT2D eigenvalue weighted by Crippen LogP contribution is 2.30. The van der Waals surface area contributed by atoms with Crippen LogP contribution in [0.3, 0.4) is 0 Å². The van der Waals surface area contributed by atoms with Crippen LogP contribution in [0.1, 0.15) is 0 Å². The van der Waals surface area contributed by atoms with Crippen molar-refractivity contribution in [3.8, 4) is 22.3 Å². The summed E-state index contributed by atoms with van der Waals surface area (Å²) < 4.78 is 5.16. The molecule has 20 heavy (non-hydrogen) atoms. The number of fused-ring (bicyclic) bond motifs is 1. The first-order valence-corrected chi connectivity index (χ1v) is 6.32. The molecule has 4 nitrogen and oxygen atoms in total. The predicted molar refractivity (Wildman–Crippen MR) is 77.0 cm³/mol. The summed E-state index contributed by atoms with van der Waals surface area (Å²) >= 11 is 0. The van der Waals surface area contributed by atoms with Gasteiger partial charge in [-0.05, 0) is 29.8 Å². The molecular weight excluding hydrogens is 250 g/mol. The summed E-state index contributed by atoms with van der Waals surface area (Å²) in [5.41, 5.74) is 5.19. The van der Waals surface area contributed by atoms with Crippen LogP contribution < -0.4 is 0 Å². The molecule has 0 radical (unpaired) electrons. The Morgan fingerprint density at radius 1 is 1.00 bits per heavy atom. The fourth-order valence-corrected chi connectivity index (χ4v) is 2.36. The Hall–Kier alpha value is -2.88. The number of aromatic amines is 1. The fraction of sp³-hybridized carbons (Fsp3) is 0. The van der Waals surface area contributed by atoms with Gasteiger partial charge in [0, 0.05) is 46.9 Å². The Labute approximate surface area is 115 Å². The van der Waals surface area contributed by atoms with Gasteiger partial charge in [0.05, 0.1) is 12.5 Å². The summed E-state index contributed by atoms with van der Waals surface area (Å²) in [6.07, 6.45) is 10.8. The van der Waals surface area contributed by atoms with E-state index in [9.17, 15) is 0 Å². The monoisotopic (exact) mass is 261 g/mol. The number of hydrogen-bond donors (Lipinski definition) is 1. The van der Waals surface area contributed by atoms with E-state index in [0.717, 1.165) is 33.3 Å². The van der Waals surface area contributed by atoms with E-state index in [1.165, 1.54) is 0 Å². The van der Waals surface area contributed by atoms with Crippen LogP contribution in [0.2, 0.25) is 0 Å². The molecular formula is C16H11N3O. The molecule has 4 heteroatoms. The standard InChI is InChI=1S/C16H11N3O/c1-4-17-5-2-11(1)13-7-14-15(12-3-6-20-10-12)9-19-16(14)18-8-13/h1-10H,(H,18,19). The zero-order valence-electron chi connectivity index (χ0n) is 10.6. The third kappa shape index (κ3) is 1.70. The Kier molecular flexibility index (Phi) is 2.39. The average Bonchev–Trinajstić information content (AvgIpc) is 3.16. The summed E-state index contributed by atoms with van der Waals surface area (Å²) in [4.78, 5) is 11.7. The minimum absolute atomic E-state index is 0.874. The zero-order valence-corrected chi connectivity index (χ0v) is 10.6. The summed E-state index contributed by atoms with van der Waals surface area (Å²) in [5, 5.41) is 1.08. The van der Waals surface area contributed by atoms with Crippen molar-refractivity contribution in [2.24, 2.45) is 0 Å². The molecule has 0 atom stereocenters. The molecule has 4 aromatic heterocycles. The Balaban J connectivity index is 1.92. The van der Waals surface area contributed by atoms with Crippen LogP contribution >= 0.6 is 0 Å². The second-order valence-corrected chi connectivity index (χ2v) is 4.57. The minimum Gasteiger partial charge on any atom is -0.472 e. The molecule has 0 spiro atoms. The van der Waals surface area contributed by atoms with Crippen molar-refractivity contribution in [1.29, 1.82) is 0 Å². The van der Waals surface area contributed by atoms with E-state index in [4.69, 9.17) is 4.42 Å². The maximum atomic E-state index is 5.16. The maximum absolute atomic E-state index is 5.16. The largest absolute Gasteiger partial charge is 0.472 e. The quantitative estimate of drug-likeness (QED) is 0.595. The van der Waals surface area contributed by atoms with Gasteiger partial charge < -0.3 is 9.40 Å². The van der Waals surface area contributed by atoms with Gasteiger partial charge in [0.15, 0.2) is 0 Å². The Bertz CT molecular complexity index is 848. The SMILES string of the molecule is c1cc(-c2cnc3[nH]cc(-c4ccoc4)c3c2)ccn1. The summed E-state index contributed by atoms with van der Waals surface area (Å²) in [5.74, 6) is 0. The van der Waals surface area contributed by atoms with Crippen LogP contribution in [-0.2, 0) is 0 Å². The van der Waals surface area contributed by atoms with Crippen molar-refractivity contribution in [2.45, 2.75) is 0 Å². The van der Waals surface area contributed by atoms with E-state index in [1.807, 2.05) is 30.6 Å². The maximum Gasteiger partial charge on any atom is 0.137 e. The van der Waals surface area contributed by atoms with Gasteiger partial charge >= 0.3 is 0 Å². The smallest absolute Gasteiger partial charge is 0.137 e. The van der Waals surface area contributed by atoms with E-state index >= 15 is 0 Å². The second kappa shape index (κ2) is 4.35. The molecule has 0 unspecified atom stereocenters. The second-order valence-electron chi connectivity index (χ2n) is 4.57. The molecule has 4 rings (SSSR count). The number of nitrogens with one attached hydrogen (secondary N) is 1. The van der Waals surface area contributed by atoms with Gasteiger partial charge in [0.1, 0.15) is 5.65 Å². The average molecular weight is 261 g/mol. The molecule has 0 aromatic carbocycles. The van der Waals surface area contributed by atoms with Gasteiger partial charge in [-0.15, -0.1) is 0 Å². The third-order valence-electron chi connectivity index (χ3n) is 3.38. The molecule has 0 amide bonds. The molecule has 1 N–H and O–H groups in total. The summed E-state index contributed by atoms with van der Waals surface area (Å²) in [7, 11) is 0. The lowest BCUT2D eigenvalue weighted by atomic mass is 10.0. The highest BCUT2D eigenvalue weighted by molar-refractivity contribution is 5.95. The van der Waals surface area contributed by atoms with Gasteiger partial charge in [0.25, 0.3) is 0 Å². The van der Waals surface area contributed by atoms with Crippen LogP contribution in [-0.4, -0.2) is 15.0 Å². The van der Waals surface area contributed by atoms with Gasteiger partial charge in [-0.2, -0.15) is 0 Å². The van der Waals surface area contributed by atoms with Crippen molar-refractivity contribution in [3.63, 3.8) is 0 Å². The highest BCUT2D eigenvalue weighted by Gasteiger charge is 2.09. The van der Waals surface area contributed by atoms with Crippen molar-refractivity contribution in [1.82, 2.24) is 15.0 Å². The number of hydrogen-bond acceptors (Lipinski definition) is 3. The van der Waals surface area contributed by atoms with Crippen LogP contribution in [0.25, 0.3) is 33.3 Å². The highest BCUT2D eigenvalue weighted by atomic mass is 16.3. The predicted octanol–water partition coefficient (Wildman–Crippen LogP) is 3.88. The van der Waals surface area contributed by atoms with Crippen molar-refractivity contribution in [3.05, 3.63) is 61.6 Å². The number of pyridine rings is 2. The number of nitrogens with zero attached hydrogens (tertiary/aromatic N) is 2. The molecule has 0 aliphatic heterocycles. The first-order chi connectivity index (χ1) is 9.92. The van der Waals surface area contributed by atoms with Gasteiger partial charge in [-0.25, -0.2) is 4.98 Å². The molecule has 0 bridgehead atoms. The molecule has 0 saturated heterocycles. The van der Waals surface area contributed by atoms with Crippen LogP contribution in [0.5, 0.6) is 0 Å². The summed E-state index contributed by atoms with van der Waals surface area (Å²) in [6, 6.07) is 8.04. The molecule has 96 valence electrons. The van der Waals surface area contributed by atoms with Crippen LogP contribution in [0.4, 0.5) is 0 Å². The van der Waals surface area contributed by atoms with E-state index < -0.39 is 0 Å². The van der Waals surface area contributed by atoms with E-state index in [0.29, 0.717) is 0 Å². The lowest BCUT2D eigenvalue weighted by Gasteiger charge is -2.01. The first-order valence-electron chi connectivity index (χ1n) is 6.32. The lowest BCUT2D eigenvalue weighted by Crippen LogP contribution is -1.82. The molecule has 0 aliphatic carbocycles. The van der Waals surface area contributed by atoms with Gasteiger partial charge in [-0.3, -0.25) is 4.98 Å². The molecule has 0 saturated carbocycles. The molecule has 4 heterocycles. The van der Waals surface area contributed by atoms with Crippen LogP contribution in [0, 0.1) is 0 Å².